The minimum Gasteiger partial charge on any atom is -0.325 e. The van der Waals surface area contributed by atoms with Crippen molar-refractivity contribution >= 4 is 35.0 Å². The molecule has 4 rings (SSSR count). The van der Waals surface area contributed by atoms with Gasteiger partial charge in [-0.15, -0.1) is 10.2 Å². The second-order valence-corrected chi connectivity index (χ2v) is 8.88. The number of nitrogens with one attached hydrogen (secondary N) is 1. The Hall–Kier alpha value is -3.67. The van der Waals surface area contributed by atoms with E-state index in [2.05, 4.69) is 20.5 Å². The number of amides is 1. The smallest absolute Gasteiger partial charge is 0.237 e. The van der Waals surface area contributed by atoms with Crippen molar-refractivity contribution in [1.82, 2.24) is 19.7 Å². The van der Waals surface area contributed by atoms with Crippen molar-refractivity contribution in [2.24, 2.45) is 0 Å². The Bertz CT molecular complexity index is 1300. The van der Waals surface area contributed by atoms with Crippen LogP contribution in [0.15, 0.2) is 78.2 Å². The number of aromatic nitrogens is 4. The highest BCUT2D eigenvalue weighted by Gasteiger charge is 2.21. The van der Waals surface area contributed by atoms with Crippen LogP contribution in [0.25, 0.3) is 11.4 Å². The Morgan fingerprint density at radius 3 is 2.61 bits per heavy atom. The Morgan fingerprint density at radius 2 is 1.91 bits per heavy atom. The number of nitriles is 1. The third-order valence-corrected chi connectivity index (χ3v) is 6.24. The van der Waals surface area contributed by atoms with E-state index in [4.69, 9.17) is 16.9 Å². The van der Waals surface area contributed by atoms with E-state index in [1.807, 2.05) is 53.1 Å². The van der Waals surface area contributed by atoms with Crippen molar-refractivity contribution < 1.29 is 4.79 Å². The Balaban J connectivity index is 1.56. The van der Waals surface area contributed by atoms with E-state index in [1.165, 1.54) is 11.8 Å². The predicted octanol–water partition coefficient (Wildman–Crippen LogP) is 5.03. The van der Waals surface area contributed by atoms with Crippen LogP contribution in [-0.2, 0) is 11.3 Å². The van der Waals surface area contributed by atoms with Crippen LogP contribution in [0.3, 0.4) is 0 Å². The summed E-state index contributed by atoms with van der Waals surface area (Å²) < 4.78 is 2.00. The quantitative estimate of drug-likeness (QED) is 0.377. The van der Waals surface area contributed by atoms with Crippen LogP contribution in [-0.4, -0.2) is 30.9 Å². The fourth-order valence-electron chi connectivity index (χ4n) is 3.14. The highest BCUT2D eigenvalue weighted by Crippen LogP contribution is 2.28. The molecule has 0 bridgehead atoms. The van der Waals surface area contributed by atoms with Crippen LogP contribution >= 0.6 is 23.4 Å². The molecule has 0 saturated carbocycles. The lowest BCUT2D eigenvalue weighted by Gasteiger charge is -2.14. The minimum atomic E-state index is -0.455. The number of nitrogens with zero attached hydrogens (tertiary/aromatic N) is 5. The first-order valence-corrected chi connectivity index (χ1v) is 11.4. The van der Waals surface area contributed by atoms with Gasteiger partial charge in [0.15, 0.2) is 11.0 Å². The van der Waals surface area contributed by atoms with Gasteiger partial charge in [-0.05, 0) is 42.8 Å². The average Bonchev–Trinajstić information content (AvgIpc) is 3.22. The molecule has 7 nitrogen and oxygen atoms in total. The van der Waals surface area contributed by atoms with Gasteiger partial charge in [0, 0.05) is 23.6 Å². The zero-order valence-electron chi connectivity index (χ0n) is 17.6. The molecule has 9 heteroatoms. The third kappa shape index (κ3) is 5.40. The zero-order valence-corrected chi connectivity index (χ0v) is 19.2. The number of carbonyl (C=O) groups excluding carboxylic acids is 1. The number of thioether (sulfide) groups is 1. The van der Waals surface area contributed by atoms with Gasteiger partial charge in [0.1, 0.15) is 6.07 Å². The number of pyridine rings is 1. The van der Waals surface area contributed by atoms with Crippen LogP contribution in [0, 0.1) is 11.3 Å². The Kier molecular flexibility index (Phi) is 7.03. The summed E-state index contributed by atoms with van der Waals surface area (Å²) in [6, 6.07) is 20.6. The van der Waals surface area contributed by atoms with E-state index in [0.717, 1.165) is 11.1 Å². The topological polar surface area (TPSA) is 96.5 Å². The molecule has 1 unspecified atom stereocenters. The Morgan fingerprint density at radius 1 is 1.15 bits per heavy atom. The van der Waals surface area contributed by atoms with E-state index in [9.17, 15) is 4.79 Å². The predicted molar refractivity (Wildman–Crippen MR) is 129 cm³/mol. The van der Waals surface area contributed by atoms with Gasteiger partial charge in [0.2, 0.25) is 5.91 Å². The lowest BCUT2D eigenvalue weighted by atomic mass is 10.2. The van der Waals surface area contributed by atoms with E-state index >= 15 is 0 Å². The molecule has 0 radical (unpaired) electrons. The SMILES string of the molecule is CC(Sc1nnc(-c2ccncc2)n1Cc1ccccc1)C(=O)Nc1ccc(C#N)c(Cl)c1. The monoisotopic (exact) mass is 474 g/mol. The number of carbonyl (C=O) groups is 1. The van der Waals surface area contributed by atoms with Gasteiger partial charge in [-0.1, -0.05) is 53.7 Å². The standard InChI is InChI=1S/C24H19ClN6OS/c1-16(23(32)28-20-8-7-19(14-26)21(25)13-20)33-24-30-29-22(18-9-11-27-12-10-18)31(24)15-17-5-3-2-4-6-17/h2-13,16H,15H2,1H3,(H,28,32). The van der Waals surface area contributed by atoms with Crippen LogP contribution in [0.4, 0.5) is 5.69 Å². The van der Waals surface area contributed by atoms with Gasteiger partial charge in [-0.3, -0.25) is 14.3 Å². The van der Waals surface area contributed by atoms with Crippen LogP contribution in [0.5, 0.6) is 0 Å². The second-order valence-electron chi connectivity index (χ2n) is 7.17. The maximum atomic E-state index is 12.8. The molecular formula is C24H19ClN6OS. The molecule has 33 heavy (non-hydrogen) atoms. The van der Waals surface area contributed by atoms with Gasteiger partial charge in [-0.2, -0.15) is 5.26 Å². The minimum absolute atomic E-state index is 0.208. The maximum Gasteiger partial charge on any atom is 0.237 e. The summed E-state index contributed by atoms with van der Waals surface area (Å²) in [6.07, 6.45) is 3.42. The number of anilines is 1. The molecule has 0 aliphatic heterocycles. The number of rotatable bonds is 7. The van der Waals surface area contributed by atoms with Crippen molar-refractivity contribution in [3.05, 3.63) is 89.2 Å². The summed E-state index contributed by atoms with van der Waals surface area (Å²) in [6.45, 7) is 2.37. The first kappa shape index (κ1) is 22.5. The molecule has 164 valence electrons. The van der Waals surface area contributed by atoms with Gasteiger partial charge in [0.05, 0.1) is 22.4 Å². The largest absolute Gasteiger partial charge is 0.325 e. The summed E-state index contributed by atoms with van der Waals surface area (Å²) in [7, 11) is 0. The summed E-state index contributed by atoms with van der Waals surface area (Å²) in [5.41, 5.74) is 2.87. The fourth-order valence-corrected chi connectivity index (χ4v) is 4.21. The van der Waals surface area contributed by atoms with Crippen LogP contribution in [0.1, 0.15) is 18.1 Å². The van der Waals surface area contributed by atoms with Crippen molar-refractivity contribution in [2.75, 3.05) is 5.32 Å². The molecule has 1 N–H and O–H groups in total. The molecule has 2 aromatic heterocycles. The number of hydrogen-bond donors (Lipinski definition) is 1. The number of benzene rings is 2. The molecule has 0 aliphatic carbocycles. The van der Waals surface area contributed by atoms with Crippen molar-refractivity contribution in [2.45, 2.75) is 23.9 Å². The number of halogens is 1. The van der Waals surface area contributed by atoms with Crippen molar-refractivity contribution in [3.8, 4) is 17.5 Å². The molecule has 4 aromatic rings. The third-order valence-electron chi connectivity index (χ3n) is 4.85. The molecule has 2 heterocycles. The van der Waals surface area contributed by atoms with Gasteiger partial charge >= 0.3 is 0 Å². The van der Waals surface area contributed by atoms with Crippen LogP contribution in [0.2, 0.25) is 5.02 Å². The summed E-state index contributed by atoms with van der Waals surface area (Å²) in [5.74, 6) is 0.496. The molecule has 2 aromatic carbocycles. The zero-order chi connectivity index (χ0) is 23.2. The first-order valence-electron chi connectivity index (χ1n) is 10.1. The molecule has 1 atom stereocenters. The van der Waals surface area contributed by atoms with E-state index < -0.39 is 5.25 Å². The van der Waals surface area contributed by atoms with Crippen molar-refractivity contribution in [1.29, 1.82) is 5.26 Å². The van der Waals surface area contributed by atoms with Gasteiger partial charge in [0.25, 0.3) is 0 Å². The maximum absolute atomic E-state index is 12.8. The van der Waals surface area contributed by atoms with E-state index in [-0.39, 0.29) is 5.91 Å². The van der Waals surface area contributed by atoms with Crippen molar-refractivity contribution in [3.63, 3.8) is 0 Å². The summed E-state index contributed by atoms with van der Waals surface area (Å²) in [4.78, 5) is 16.9. The molecule has 0 fully saturated rings. The highest BCUT2D eigenvalue weighted by molar-refractivity contribution is 8.00. The van der Waals surface area contributed by atoms with Crippen LogP contribution < -0.4 is 5.32 Å². The lowest BCUT2D eigenvalue weighted by Crippen LogP contribution is -2.23. The Labute approximate surface area is 200 Å². The average molecular weight is 475 g/mol. The molecule has 0 spiro atoms. The van der Waals surface area contributed by atoms with Gasteiger partial charge < -0.3 is 5.32 Å². The second kappa shape index (κ2) is 10.3. The molecule has 0 saturated heterocycles. The van der Waals surface area contributed by atoms with E-state index in [0.29, 0.717) is 33.8 Å². The molecular weight excluding hydrogens is 456 g/mol. The normalized spacial score (nSPS) is 11.5. The highest BCUT2D eigenvalue weighted by atomic mass is 35.5. The molecule has 0 aliphatic rings. The fraction of sp³-hybridized carbons (Fsp3) is 0.125. The van der Waals surface area contributed by atoms with E-state index in [1.54, 1.807) is 37.5 Å². The first-order chi connectivity index (χ1) is 16.0. The summed E-state index contributed by atoms with van der Waals surface area (Å²) in [5, 5.41) is 21.1. The van der Waals surface area contributed by atoms with Gasteiger partial charge in [-0.25, -0.2) is 0 Å². The molecule has 1 amide bonds. The lowest BCUT2D eigenvalue weighted by molar-refractivity contribution is -0.115. The summed E-state index contributed by atoms with van der Waals surface area (Å²) >= 11 is 7.40. The number of hydrogen-bond acceptors (Lipinski definition) is 6.